The quantitative estimate of drug-likeness (QED) is 0.646. The molecule has 27 heavy (non-hydrogen) atoms. The van der Waals surface area contributed by atoms with E-state index in [4.69, 9.17) is 9.47 Å². The lowest BCUT2D eigenvalue weighted by Gasteiger charge is -2.12. The molecular weight excluding hydrogens is 376 g/mol. The summed E-state index contributed by atoms with van der Waals surface area (Å²) in [6, 6.07) is 1.19. The molecule has 9 nitrogen and oxygen atoms in total. The van der Waals surface area contributed by atoms with E-state index in [-0.39, 0.29) is 24.7 Å². The highest BCUT2D eigenvalue weighted by molar-refractivity contribution is 7.91. The Morgan fingerprint density at radius 3 is 2.56 bits per heavy atom. The van der Waals surface area contributed by atoms with E-state index in [9.17, 15) is 22.8 Å². The van der Waals surface area contributed by atoms with Crippen LogP contribution in [0.3, 0.4) is 0 Å². The molecule has 1 saturated heterocycles. The summed E-state index contributed by atoms with van der Waals surface area (Å²) in [5.41, 5.74) is 1.64. The third-order valence-electron chi connectivity index (χ3n) is 4.32. The molecule has 10 heteroatoms. The van der Waals surface area contributed by atoms with Crippen LogP contribution in [0.5, 0.6) is 0 Å². The van der Waals surface area contributed by atoms with Gasteiger partial charge in [-0.25, -0.2) is 13.2 Å². The fourth-order valence-corrected chi connectivity index (χ4v) is 4.63. The summed E-state index contributed by atoms with van der Waals surface area (Å²) >= 11 is 0. The number of rotatable bonds is 7. The van der Waals surface area contributed by atoms with Gasteiger partial charge < -0.3 is 19.4 Å². The number of hydrogen-bond donors (Lipinski definition) is 1. The van der Waals surface area contributed by atoms with Gasteiger partial charge in [0.2, 0.25) is 0 Å². The highest BCUT2D eigenvalue weighted by Crippen LogP contribution is 2.16. The van der Waals surface area contributed by atoms with Crippen molar-refractivity contribution in [3.63, 3.8) is 0 Å². The maximum Gasteiger partial charge on any atom is 0.339 e. The van der Waals surface area contributed by atoms with Gasteiger partial charge in [0.15, 0.2) is 16.4 Å². The number of ether oxygens (including phenoxy) is 2. The van der Waals surface area contributed by atoms with Crippen molar-refractivity contribution in [3.8, 4) is 0 Å². The van der Waals surface area contributed by atoms with Crippen molar-refractivity contribution >= 4 is 27.7 Å². The van der Waals surface area contributed by atoms with E-state index in [1.807, 2.05) is 0 Å². The zero-order valence-corrected chi connectivity index (χ0v) is 16.4. The molecule has 1 aromatic heterocycles. The Balaban J connectivity index is 1.87. The molecule has 1 amide bonds. The summed E-state index contributed by atoms with van der Waals surface area (Å²) in [5, 5.41) is 2.55. The van der Waals surface area contributed by atoms with Gasteiger partial charge in [-0.15, -0.1) is 0 Å². The molecule has 0 unspecified atom stereocenters. The Bertz CT molecular complexity index is 842. The molecule has 2 rings (SSSR count). The van der Waals surface area contributed by atoms with E-state index < -0.39 is 40.3 Å². The van der Waals surface area contributed by atoms with Crippen LogP contribution >= 0.6 is 0 Å². The van der Waals surface area contributed by atoms with Crippen LogP contribution in [-0.4, -0.2) is 61.6 Å². The lowest BCUT2D eigenvalue weighted by atomic mass is 10.2. The lowest BCUT2D eigenvalue weighted by molar-refractivity contribution is -0.149. The smallest absolute Gasteiger partial charge is 0.339 e. The molecule has 0 saturated carbocycles. The second kappa shape index (κ2) is 8.55. The van der Waals surface area contributed by atoms with Crippen molar-refractivity contribution in [2.24, 2.45) is 0 Å². The number of carbonyl (C=O) groups is 3. The van der Waals surface area contributed by atoms with Crippen molar-refractivity contribution < 1.29 is 32.3 Å². The largest absolute Gasteiger partial charge is 0.462 e. The Kier molecular flexibility index (Phi) is 6.63. The van der Waals surface area contributed by atoms with Crippen molar-refractivity contribution in [1.29, 1.82) is 0 Å². The van der Waals surface area contributed by atoms with Gasteiger partial charge in [0, 0.05) is 17.4 Å². The molecule has 0 aromatic carbocycles. The van der Waals surface area contributed by atoms with Crippen LogP contribution in [0.15, 0.2) is 6.07 Å². The van der Waals surface area contributed by atoms with E-state index in [2.05, 4.69) is 5.32 Å². The van der Waals surface area contributed by atoms with Gasteiger partial charge in [-0.2, -0.15) is 0 Å². The molecule has 1 aliphatic rings. The predicted octanol–water partition coefficient (Wildman–Crippen LogP) is 0.128. The molecule has 0 aliphatic carbocycles. The topological polar surface area (TPSA) is 121 Å². The molecule has 1 aromatic rings. The third kappa shape index (κ3) is 5.56. The Morgan fingerprint density at radius 2 is 1.96 bits per heavy atom. The summed E-state index contributed by atoms with van der Waals surface area (Å²) in [5.74, 6) is -1.69. The van der Waals surface area contributed by atoms with Gasteiger partial charge in [0.05, 0.1) is 23.7 Å². The summed E-state index contributed by atoms with van der Waals surface area (Å²) in [6.45, 7) is 4.76. The number of amides is 1. The maximum absolute atomic E-state index is 12.0. The number of aryl methyl sites for hydroxylation is 1. The van der Waals surface area contributed by atoms with Crippen molar-refractivity contribution in [2.45, 2.75) is 39.8 Å². The molecule has 0 spiro atoms. The molecule has 1 N–H and O–H groups in total. The number of nitrogens with one attached hydrogen (secondary N) is 1. The van der Waals surface area contributed by atoms with Crippen molar-refractivity contribution in [2.75, 3.05) is 24.7 Å². The molecule has 1 aliphatic heterocycles. The molecule has 2 heterocycles. The van der Waals surface area contributed by atoms with Crippen LogP contribution in [0.2, 0.25) is 0 Å². The minimum atomic E-state index is -3.10. The highest BCUT2D eigenvalue weighted by Gasteiger charge is 2.29. The van der Waals surface area contributed by atoms with Crippen LogP contribution in [0.1, 0.15) is 35.1 Å². The average molecular weight is 400 g/mol. The van der Waals surface area contributed by atoms with Gasteiger partial charge >= 0.3 is 11.9 Å². The van der Waals surface area contributed by atoms with E-state index in [1.54, 1.807) is 31.4 Å². The Hall–Kier alpha value is -2.36. The number of nitrogens with zero attached hydrogens (tertiary/aromatic N) is 1. The highest BCUT2D eigenvalue weighted by atomic mass is 32.2. The fourth-order valence-electron chi connectivity index (χ4n) is 2.96. The Labute approximate surface area is 157 Å². The second-order valence-electron chi connectivity index (χ2n) is 6.42. The predicted molar refractivity (Wildman–Crippen MR) is 96.0 cm³/mol. The van der Waals surface area contributed by atoms with E-state index in [0.717, 1.165) is 0 Å². The first kappa shape index (κ1) is 20.9. The summed E-state index contributed by atoms with van der Waals surface area (Å²) < 4.78 is 34.3. The number of hydrogen-bond acceptors (Lipinski definition) is 7. The maximum atomic E-state index is 12.0. The second-order valence-corrected chi connectivity index (χ2v) is 8.65. The van der Waals surface area contributed by atoms with Gasteiger partial charge in [0.25, 0.3) is 5.91 Å². The van der Waals surface area contributed by atoms with Crippen LogP contribution in [0.4, 0.5) is 0 Å². The summed E-state index contributed by atoms with van der Waals surface area (Å²) in [4.78, 5) is 35.7. The van der Waals surface area contributed by atoms with E-state index >= 15 is 0 Å². The molecule has 0 bridgehead atoms. The number of aromatic nitrogens is 1. The molecule has 150 valence electrons. The molecule has 1 fully saturated rings. The normalized spacial score (nSPS) is 18.1. The average Bonchev–Trinajstić information content (AvgIpc) is 3.06. The number of sulfone groups is 1. The standard InChI is InChI=1S/C17H24N2O7S/c1-4-25-17(22)14-7-11(2)19(12(14)3)8-16(21)26-9-15(20)18-13-5-6-27(23,24)10-13/h7,13H,4-6,8-10H2,1-3H3,(H,18,20)/t13-/m0/s1. The fraction of sp³-hybridized carbons (Fsp3) is 0.588. The molecule has 0 radical (unpaired) electrons. The SMILES string of the molecule is CCOC(=O)c1cc(C)n(CC(=O)OCC(=O)N[C@H]2CCS(=O)(=O)C2)c1C. The minimum Gasteiger partial charge on any atom is -0.462 e. The Morgan fingerprint density at radius 1 is 1.26 bits per heavy atom. The number of carbonyl (C=O) groups excluding carboxylic acids is 3. The monoisotopic (exact) mass is 400 g/mol. The first-order valence-corrected chi connectivity index (χ1v) is 10.4. The van der Waals surface area contributed by atoms with Crippen LogP contribution in [0, 0.1) is 13.8 Å². The van der Waals surface area contributed by atoms with Crippen LogP contribution in [0.25, 0.3) is 0 Å². The summed E-state index contributed by atoms with van der Waals surface area (Å²) in [6.07, 6.45) is 0.362. The third-order valence-corrected chi connectivity index (χ3v) is 6.09. The minimum absolute atomic E-state index is 0.0483. The first-order valence-electron chi connectivity index (χ1n) is 8.62. The summed E-state index contributed by atoms with van der Waals surface area (Å²) in [7, 11) is -3.10. The zero-order valence-electron chi connectivity index (χ0n) is 15.6. The first-order chi connectivity index (χ1) is 12.6. The lowest BCUT2D eigenvalue weighted by Crippen LogP contribution is -2.38. The van der Waals surface area contributed by atoms with Gasteiger partial charge in [-0.1, -0.05) is 0 Å². The molecule has 1 atom stereocenters. The van der Waals surface area contributed by atoms with Crippen LogP contribution in [-0.2, 0) is 35.4 Å². The molecular formula is C17H24N2O7S. The van der Waals surface area contributed by atoms with E-state index in [0.29, 0.717) is 23.4 Å². The van der Waals surface area contributed by atoms with Gasteiger partial charge in [-0.3, -0.25) is 9.59 Å². The zero-order chi connectivity index (χ0) is 20.2. The van der Waals surface area contributed by atoms with E-state index in [1.165, 1.54) is 0 Å². The van der Waals surface area contributed by atoms with Gasteiger partial charge in [0.1, 0.15) is 6.54 Å². The van der Waals surface area contributed by atoms with Crippen molar-refractivity contribution in [3.05, 3.63) is 23.0 Å². The number of esters is 2. The van der Waals surface area contributed by atoms with Crippen molar-refractivity contribution in [1.82, 2.24) is 9.88 Å². The van der Waals surface area contributed by atoms with Crippen LogP contribution < -0.4 is 5.32 Å². The van der Waals surface area contributed by atoms with Gasteiger partial charge in [-0.05, 0) is 33.3 Å².